The molecule has 5 unspecified atom stereocenters. The van der Waals surface area contributed by atoms with E-state index < -0.39 is 10.1 Å². The lowest BCUT2D eigenvalue weighted by atomic mass is 9.83. The highest BCUT2D eigenvalue weighted by molar-refractivity contribution is 7.87. The van der Waals surface area contributed by atoms with E-state index in [1.54, 1.807) is 0 Å². The second-order valence-electron chi connectivity index (χ2n) is 4.49. The van der Waals surface area contributed by atoms with Gasteiger partial charge < -0.3 is 5.73 Å². The van der Waals surface area contributed by atoms with Gasteiger partial charge in [-0.05, 0) is 25.2 Å². The molecule has 2 N–H and O–H groups in total. The Morgan fingerprint density at radius 2 is 2.00 bits per heavy atom. The second-order valence-corrected chi connectivity index (χ2v) is 6.28. The van der Waals surface area contributed by atoms with Crippen molar-refractivity contribution in [3.05, 3.63) is 0 Å². The molecule has 2 saturated carbocycles. The van der Waals surface area contributed by atoms with Crippen LogP contribution >= 0.6 is 0 Å². The van der Waals surface area contributed by atoms with E-state index in [0.29, 0.717) is 5.92 Å². The van der Waals surface area contributed by atoms with Crippen LogP contribution in [-0.2, 0) is 14.3 Å². The van der Waals surface area contributed by atoms with Gasteiger partial charge in [0.25, 0.3) is 10.1 Å². The lowest BCUT2D eigenvalue weighted by molar-refractivity contribution is 0.112. The molecule has 74 valence electrons. The first-order valence-electron chi connectivity index (χ1n) is 4.75. The van der Waals surface area contributed by atoms with Crippen LogP contribution in [0.4, 0.5) is 0 Å². The van der Waals surface area contributed by atoms with Gasteiger partial charge in [-0.3, -0.25) is 4.18 Å². The Bertz CT molecular complexity index is 339. The minimum Gasteiger partial charge on any atom is -0.325 e. The largest absolute Gasteiger partial charge is 0.325 e. The molecular formula is C8H13NO3S. The highest BCUT2D eigenvalue weighted by atomic mass is 32.2. The maximum Gasteiger partial charge on any atom is 0.270 e. The van der Waals surface area contributed by atoms with Crippen LogP contribution in [0.3, 0.4) is 0 Å². The number of nitrogens with two attached hydrogens (primary N) is 1. The second kappa shape index (κ2) is 2.27. The van der Waals surface area contributed by atoms with Gasteiger partial charge in [-0.2, -0.15) is 8.42 Å². The Morgan fingerprint density at radius 1 is 1.23 bits per heavy atom. The smallest absolute Gasteiger partial charge is 0.270 e. The van der Waals surface area contributed by atoms with Crippen molar-refractivity contribution in [3.8, 4) is 0 Å². The van der Waals surface area contributed by atoms with Gasteiger partial charge in [0.1, 0.15) is 0 Å². The molecule has 1 saturated heterocycles. The number of rotatable bonds is 0. The third-order valence-corrected chi connectivity index (χ3v) is 5.49. The Balaban J connectivity index is 2.06. The molecule has 0 spiro atoms. The van der Waals surface area contributed by atoms with Gasteiger partial charge in [0.15, 0.2) is 0 Å². The predicted octanol–water partition coefficient (Wildman–Crippen LogP) is -0.159. The summed E-state index contributed by atoms with van der Waals surface area (Å²) in [5, 5.41) is -0.240. The molecule has 0 amide bonds. The van der Waals surface area contributed by atoms with Crippen LogP contribution in [0.1, 0.15) is 19.3 Å². The van der Waals surface area contributed by atoms with Gasteiger partial charge in [0.2, 0.25) is 0 Å². The highest BCUT2D eigenvalue weighted by Crippen LogP contribution is 2.51. The first kappa shape index (κ1) is 8.20. The molecule has 13 heavy (non-hydrogen) atoms. The van der Waals surface area contributed by atoms with Crippen LogP contribution in [0.15, 0.2) is 0 Å². The van der Waals surface area contributed by atoms with E-state index in [2.05, 4.69) is 0 Å². The van der Waals surface area contributed by atoms with Crippen molar-refractivity contribution in [1.82, 2.24) is 0 Å². The molecule has 4 nitrogen and oxygen atoms in total. The third-order valence-electron chi connectivity index (χ3n) is 3.71. The number of hydrogen-bond acceptors (Lipinski definition) is 4. The van der Waals surface area contributed by atoms with E-state index >= 15 is 0 Å². The van der Waals surface area contributed by atoms with Crippen LogP contribution in [0.2, 0.25) is 0 Å². The minimum absolute atomic E-state index is 0.0639. The van der Waals surface area contributed by atoms with Gasteiger partial charge in [0, 0.05) is 12.0 Å². The van der Waals surface area contributed by atoms with Gasteiger partial charge in [-0.25, -0.2) is 0 Å². The third kappa shape index (κ3) is 0.951. The van der Waals surface area contributed by atoms with Crippen LogP contribution < -0.4 is 5.73 Å². The zero-order valence-corrected chi connectivity index (χ0v) is 8.03. The monoisotopic (exact) mass is 203 g/mol. The Hall–Kier alpha value is -0.130. The summed E-state index contributed by atoms with van der Waals surface area (Å²) in [6, 6.07) is -0.0639. The summed E-state index contributed by atoms with van der Waals surface area (Å²) >= 11 is 0. The Labute approximate surface area is 77.6 Å². The molecule has 0 radical (unpaired) electrons. The molecule has 1 aliphatic heterocycles. The van der Waals surface area contributed by atoms with Crippen LogP contribution in [0, 0.1) is 11.8 Å². The van der Waals surface area contributed by atoms with Gasteiger partial charge >= 0.3 is 0 Å². The topological polar surface area (TPSA) is 69.4 Å². The molecule has 2 aliphatic carbocycles. The summed E-state index contributed by atoms with van der Waals surface area (Å²) in [6.07, 6.45) is 2.50. The Morgan fingerprint density at radius 3 is 2.77 bits per heavy atom. The first-order valence-corrected chi connectivity index (χ1v) is 6.23. The predicted molar refractivity (Wildman–Crippen MR) is 46.4 cm³/mol. The van der Waals surface area contributed by atoms with Crippen molar-refractivity contribution < 1.29 is 12.6 Å². The summed E-state index contributed by atoms with van der Waals surface area (Å²) < 4.78 is 28.1. The number of fused-ring (bicyclic) bond motifs is 1. The van der Waals surface area contributed by atoms with E-state index in [4.69, 9.17) is 9.92 Å². The molecule has 0 aromatic heterocycles. The summed E-state index contributed by atoms with van der Waals surface area (Å²) in [6.45, 7) is 0. The fourth-order valence-electron chi connectivity index (χ4n) is 3.21. The van der Waals surface area contributed by atoms with Crippen molar-refractivity contribution in [1.29, 1.82) is 0 Å². The van der Waals surface area contributed by atoms with E-state index in [1.165, 1.54) is 0 Å². The zero-order chi connectivity index (χ0) is 9.22. The Kier molecular flexibility index (Phi) is 1.43. The average Bonchev–Trinajstić information content (AvgIpc) is 2.48. The van der Waals surface area contributed by atoms with Crippen molar-refractivity contribution in [2.75, 3.05) is 0 Å². The minimum atomic E-state index is -3.27. The highest BCUT2D eigenvalue weighted by Gasteiger charge is 2.58. The quantitative estimate of drug-likeness (QED) is 0.555. The standard InChI is InChI=1S/C8H13NO3S/c9-6-2-4-1-5-7(3-4)13(10,11)12-8(5)6/h4-8H,1-3,9H2. The molecule has 3 rings (SSSR count). The zero-order valence-electron chi connectivity index (χ0n) is 7.22. The average molecular weight is 203 g/mol. The van der Waals surface area contributed by atoms with Crippen LogP contribution in [0.25, 0.3) is 0 Å². The van der Waals surface area contributed by atoms with Gasteiger partial charge in [-0.1, -0.05) is 0 Å². The maximum atomic E-state index is 11.5. The van der Waals surface area contributed by atoms with E-state index in [1.807, 2.05) is 0 Å². The normalized spacial score (nSPS) is 56.8. The summed E-state index contributed by atoms with van der Waals surface area (Å²) in [4.78, 5) is 0. The molecule has 0 aromatic carbocycles. The molecular weight excluding hydrogens is 190 g/mol. The van der Waals surface area contributed by atoms with Gasteiger partial charge in [0.05, 0.1) is 11.4 Å². The van der Waals surface area contributed by atoms with E-state index in [9.17, 15) is 8.42 Å². The summed E-state index contributed by atoms with van der Waals surface area (Å²) in [7, 11) is -3.27. The van der Waals surface area contributed by atoms with Crippen LogP contribution in [0.5, 0.6) is 0 Å². The molecule has 3 aliphatic rings. The maximum absolute atomic E-state index is 11.5. The molecule has 5 atom stereocenters. The van der Waals surface area contributed by atoms with Crippen molar-refractivity contribution in [2.45, 2.75) is 36.7 Å². The molecule has 0 aromatic rings. The lowest BCUT2D eigenvalue weighted by Crippen LogP contribution is -2.42. The van der Waals surface area contributed by atoms with Crippen molar-refractivity contribution in [3.63, 3.8) is 0 Å². The molecule has 5 heteroatoms. The van der Waals surface area contributed by atoms with Crippen molar-refractivity contribution in [2.24, 2.45) is 17.6 Å². The van der Waals surface area contributed by atoms with Gasteiger partial charge in [-0.15, -0.1) is 0 Å². The van der Waals surface area contributed by atoms with Crippen LogP contribution in [-0.4, -0.2) is 25.8 Å². The number of hydrogen-bond donors (Lipinski definition) is 1. The molecule has 3 fully saturated rings. The molecule has 2 bridgehead atoms. The summed E-state index contributed by atoms with van der Waals surface area (Å²) in [5.74, 6) is 0.721. The first-order chi connectivity index (χ1) is 6.08. The fraction of sp³-hybridized carbons (Fsp3) is 1.00. The molecule has 1 heterocycles. The van der Waals surface area contributed by atoms with E-state index in [0.717, 1.165) is 19.3 Å². The lowest BCUT2D eigenvalue weighted by Gasteiger charge is -2.29. The fourth-order valence-corrected chi connectivity index (χ4v) is 5.15. The SMILES string of the molecule is NC1CC2CC3C1OS(=O)(=O)C3C2. The summed E-state index contributed by atoms with van der Waals surface area (Å²) in [5.41, 5.74) is 5.87. The van der Waals surface area contributed by atoms with E-state index in [-0.39, 0.29) is 23.3 Å². The van der Waals surface area contributed by atoms with Crippen molar-refractivity contribution >= 4 is 10.1 Å².